The number of pyridine rings is 1. The van der Waals surface area contributed by atoms with Crippen LogP contribution >= 0.6 is 0 Å². The van der Waals surface area contributed by atoms with Crippen molar-refractivity contribution in [2.45, 2.75) is 26.1 Å². The number of alkyl halides is 3. The molecule has 3 heterocycles. The SMILES string of the molecule is CC(C)n1c(=O)c2cnc(Nc3cccc(C(F)(F)F)c3)nc2n1-c1cccc(N=S(C)(C)=O)n1. The molecule has 0 aliphatic carbocycles. The number of hydrogen-bond acceptors (Lipinski definition) is 7. The van der Waals surface area contributed by atoms with Crippen LogP contribution in [0.25, 0.3) is 16.9 Å². The number of halogens is 3. The van der Waals surface area contributed by atoms with Crippen LogP contribution in [0.5, 0.6) is 0 Å². The maximum atomic E-state index is 13.1. The molecule has 4 rings (SSSR count). The second kappa shape index (κ2) is 8.80. The van der Waals surface area contributed by atoms with Crippen molar-refractivity contribution in [2.75, 3.05) is 17.8 Å². The fraction of sp³-hybridized carbons (Fsp3) is 0.273. The summed E-state index contributed by atoms with van der Waals surface area (Å²) in [4.78, 5) is 26.1. The lowest BCUT2D eigenvalue weighted by molar-refractivity contribution is -0.137. The van der Waals surface area contributed by atoms with Crippen molar-refractivity contribution in [1.82, 2.24) is 24.3 Å². The summed E-state index contributed by atoms with van der Waals surface area (Å²) < 4.78 is 58.4. The molecule has 184 valence electrons. The highest BCUT2D eigenvalue weighted by Crippen LogP contribution is 2.31. The third-order valence-corrected chi connectivity index (χ3v) is 5.44. The van der Waals surface area contributed by atoms with E-state index in [0.717, 1.165) is 12.1 Å². The van der Waals surface area contributed by atoms with E-state index in [0.29, 0.717) is 5.82 Å². The molecule has 4 aromatic rings. The predicted molar refractivity (Wildman–Crippen MR) is 128 cm³/mol. The van der Waals surface area contributed by atoms with Crippen molar-refractivity contribution in [2.24, 2.45) is 4.36 Å². The Morgan fingerprint density at radius 1 is 1.09 bits per heavy atom. The molecule has 1 N–H and O–H groups in total. The Kier molecular flexibility index (Phi) is 6.13. The molecular formula is C22H22F3N7O2S. The Balaban J connectivity index is 1.88. The van der Waals surface area contributed by atoms with E-state index in [1.54, 1.807) is 18.2 Å². The van der Waals surface area contributed by atoms with Crippen molar-refractivity contribution in [3.05, 3.63) is 64.6 Å². The first kappa shape index (κ1) is 24.4. The summed E-state index contributed by atoms with van der Waals surface area (Å²) in [6.07, 6.45) is -0.223. The van der Waals surface area contributed by atoms with Crippen LogP contribution in [0.1, 0.15) is 25.5 Å². The van der Waals surface area contributed by atoms with E-state index in [9.17, 15) is 22.2 Å². The number of aromatic nitrogens is 5. The van der Waals surface area contributed by atoms with Gasteiger partial charge in [0.1, 0.15) is 5.39 Å². The average molecular weight is 506 g/mol. The molecule has 0 radical (unpaired) electrons. The summed E-state index contributed by atoms with van der Waals surface area (Å²) in [5, 5.41) is 2.96. The molecule has 0 saturated carbocycles. The topological polar surface area (TPSA) is 107 Å². The lowest BCUT2D eigenvalue weighted by Gasteiger charge is -2.15. The molecule has 13 heteroatoms. The molecule has 0 spiro atoms. The molecule has 9 nitrogen and oxygen atoms in total. The van der Waals surface area contributed by atoms with Crippen LogP contribution < -0.4 is 10.9 Å². The van der Waals surface area contributed by atoms with Crippen LogP contribution in [0.15, 0.2) is 57.8 Å². The van der Waals surface area contributed by atoms with Crippen molar-refractivity contribution in [1.29, 1.82) is 0 Å². The summed E-state index contributed by atoms with van der Waals surface area (Å²) in [5.41, 5.74) is -0.846. The number of nitrogens with one attached hydrogen (secondary N) is 1. The zero-order valence-corrected chi connectivity index (χ0v) is 20.1. The zero-order valence-electron chi connectivity index (χ0n) is 19.2. The van der Waals surface area contributed by atoms with E-state index in [-0.39, 0.29) is 40.1 Å². The number of nitrogens with zero attached hydrogens (tertiary/aromatic N) is 6. The Bertz CT molecular complexity index is 1590. The normalized spacial score (nSPS) is 12.3. The third kappa shape index (κ3) is 5.19. The molecule has 0 bridgehead atoms. The van der Waals surface area contributed by atoms with E-state index in [4.69, 9.17) is 0 Å². The molecule has 0 amide bonds. The highest BCUT2D eigenvalue weighted by Gasteiger charge is 2.30. The Hall–Kier alpha value is -3.74. The summed E-state index contributed by atoms with van der Waals surface area (Å²) in [6.45, 7) is 3.62. The van der Waals surface area contributed by atoms with Gasteiger partial charge in [-0.1, -0.05) is 12.1 Å². The Morgan fingerprint density at radius 3 is 2.46 bits per heavy atom. The van der Waals surface area contributed by atoms with Gasteiger partial charge in [0, 0.05) is 40.2 Å². The van der Waals surface area contributed by atoms with Gasteiger partial charge in [0.15, 0.2) is 17.3 Å². The largest absolute Gasteiger partial charge is 0.416 e. The lowest BCUT2D eigenvalue weighted by Crippen LogP contribution is -2.24. The van der Waals surface area contributed by atoms with Crippen molar-refractivity contribution in [3.63, 3.8) is 0 Å². The Labute approximate surface area is 198 Å². The van der Waals surface area contributed by atoms with Crippen molar-refractivity contribution >= 4 is 38.2 Å². The maximum absolute atomic E-state index is 13.1. The summed E-state index contributed by atoms with van der Waals surface area (Å²) in [6, 6.07) is 9.24. The van der Waals surface area contributed by atoms with E-state index >= 15 is 0 Å². The molecule has 0 unspecified atom stereocenters. The van der Waals surface area contributed by atoms with Crippen molar-refractivity contribution < 1.29 is 17.4 Å². The summed E-state index contributed by atoms with van der Waals surface area (Å²) in [5.74, 6) is 0.523. The molecule has 0 fully saturated rings. The number of anilines is 2. The van der Waals surface area contributed by atoms with Gasteiger partial charge in [-0.2, -0.15) is 22.5 Å². The van der Waals surface area contributed by atoms with Gasteiger partial charge in [0.05, 0.1) is 5.56 Å². The van der Waals surface area contributed by atoms with Gasteiger partial charge in [-0.3, -0.25) is 4.79 Å². The van der Waals surface area contributed by atoms with Gasteiger partial charge in [-0.05, 0) is 44.2 Å². The number of rotatable bonds is 5. The van der Waals surface area contributed by atoms with Crippen LogP contribution in [0, 0.1) is 0 Å². The number of hydrogen-bond donors (Lipinski definition) is 1. The predicted octanol–water partition coefficient (Wildman–Crippen LogP) is 4.68. The van der Waals surface area contributed by atoms with Crippen LogP contribution in [-0.2, 0) is 15.9 Å². The molecule has 35 heavy (non-hydrogen) atoms. The number of fused-ring (bicyclic) bond motifs is 1. The fourth-order valence-corrected chi connectivity index (χ4v) is 4.01. The molecule has 0 aliphatic heterocycles. The quantitative estimate of drug-likeness (QED) is 0.422. The molecule has 3 aromatic heterocycles. The fourth-order valence-electron chi connectivity index (χ4n) is 3.45. The molecule has 0 aliphatic rings. The molecule has 0 saturated heterocycles. The maximum Gasteiger partial charge on any atom is 0.416 e. The van der Waals surface area contributed by atoms with Crippen LogP contribution in [0.4, 0.5) is 30.6 Å². The highest BCUT2D eigenvalue weighted by molar-refractivity contribution is 7.92. The smallest absolute Gasteiger partial charge is 0.324 e. The highest BCUT2D eigenvalue weighted by atomic mass is 32.2. The minimum atomic E-state index is -4.50. The van der Waals surface area contributed by atoms with Gasteiger partial charge < -0.3 is 5.32 Å². The van der Waals surface area contributed by atoms with Crippen LogP contribution in [-0.4, -0.2) is 41.0 Å². The summed E-state index contributed by atoms with van der Waals surface area (Å²) >= 11 is 0. The second-order valence-corrected chi connectivity index (χ2v) is 10.9. The minimum Gasteiger partial charge on any atom is -0.324 e. The van der Waals surface area contributed by atoms with Crippen LogP contribution in [0.2, 0.25) is 0 Å². The van der Waals surface area contributed by atoms with E-state index in [1.807, 2.05) is 13.8 Å². The second-order valence-electron chi connectivity index (χ2n) is 8.32. The first-order chi connectivity index (χ1) is 16.3. The molecule has 1 aromatic carbocycles. The third-order valence-electron chi connectivity index (χ3n) is 4.81. The molecular weight excluding hydrogens is 483 g/mol. The lowest BCUT2D eigenvalue weighted by atomic mass is 10.2. The molecule has 0 atom stereocenters. The Morgan fingerprint density at radius 2 is 1.80 bits per heavy atom. The average Bonchev–Trinajstić information content (AvgIpc) is 3.04. The minimum absolute atomic E-state index is 0.00235. The van der Waals surface area contributed by atoms with E-state index < -0.39 is 21.5 Å². The van der Waals surface area contributed by atoms with Gasteiger partial charge in [0.25, 0.3) is 5.56 Å². The number of benzene rings is 1. The van der Waals surface area contributed by atoms with Gasteiger partial charge in [-0.25, -0.2) is 23.5 Å². The van der Waals surface area contributed by atoms with E-state index in [2.05, 4.69) is 24.6 Å². The summed E-state index contributed by atoms with van der Waals surface area (Å²) in [7, 11) is -2.48. The van der Waals surface area contributed by atoms with Gasteiger partial charge in [-0.15, -0.1) is 0 Å². The zero-order chi connectivity index (χ0) is 25.5. The monoisotopic (exact) mass is 505 g/mol. The van der Waals surface area contributed by atoms with Gasteiger partial charge in [0.2, 0.25) is 5.95 Å². The first-order valence-electron chi connectivity index (χ1n) is 10.4. The van der Waals surface area contributed by atoms with Crippen LogP contribution in [0.3, 0.4) is 0 Å². The van der Waals surface area contributed by atoms with E-state index in [1.165, 1.54) is 40.2 Å². The van der Waals surface area contributed by atoms with Crippen molar-refractivity contribution in [3.8, 4) is 5.82 Å². The van der Waals surface area contributed by atoms with Gasteiger partial charge >= 0.3 is 6.18 Å². The first-order valence-corrected chi connectivity index (χ1v) is 12.8. The standard InChI is InChI=1S/C22H22F3N7O2S/c1-13(2)31-20(33)16-12-26-21(27-15-8-5-7-14(11-15)22(23,24)25)29-19(16)32(31)18-10-6-9-17(28-18)30-35(3,4)34/h5-13H,1-4H3,(H,26,27,29).